The smallest absolute Gasteiger partial charge is 0.251 e. The van der Waals surface area contributed by atoms with E-state index in [-0.39, 0.29) is 17.7 Å². The molecule has 0 aliphatic heterocycles. The van der Waals surface area contributed by atoms with Crippen molar-refractivity contribution in [2.45, 2.75) is 26.4 Å². The second-order valence-corrected chi connectivity index (χ2v) is 7.96. The third-order valence-corrected chi connectivity index (χ3v) is 4.99. The number of para-hydroxylation sites is 1. The molecule has 150 valence electrons. The predicted molar refractivity (Wildman–Crippen MR) is 116 cm³/mol. The lowest BCUT2D eigenvalue weighted by Gasteiger charge is -2.21. The van der Waals surface area contributed by atoms with Gasteiger partial charge in [0.25, 0.3) is 5.91 Å². The van der Waals surface area contributed by atoms with Crippen LogP contribution in [0.4, 0.5) is 0 Å². The molecular formula is C22H23BrN4O2. The summed E-state index contributed by atoms with van der Waals surface area (Å²) >= 11 is 3.35. The van der Waals surface area contributed by atoms with Crippen LogP contribution in [-0.4, -0.2) is 27.6 Å². The number of aromatic nitrogens is 2. The summed E-state index contributed by atoms with van der Waals surface area (Å²) < 4.78 is 2.65. The van der Waals surface area contributed by atoms with Gasteiger partial charge in [0.1, 0.15) is 6.04 Å². The van der Waals surface area contributed by atoms with E-state index in [4.69, 9.17) is 0 Å². The van der Waals surface area contributed by atoms with Crippen LogP contribution in [0.2, 0.25) is 0 Å². The fourth-order valence-electron chi connectivity index (χ4n) is 2.83. The van der Waals surface area contributed by atoms with Crippen LogP contribution in [-0.2, 0) is 11.3 Å². The van der Waals surface area contributed by atoms with Gasteiger partial charge in [0.15, 0.2) is 0 Å². The molecule has 0 aliphatic rings. The molecule has 1 aromatic heterocycles. The molecule has 29 heavy (non-hydrogen) atoms. The summed E-state index contributed by atoms with van der Waals surface area (Å²) in [4.78, 5) is 25.2. The Labute approximate surface area is 178 Å². The van der Waals surface area contributed by atoms with Crippen molar-refractivity contribution in [1.29, 1.82) is 0 Å². The number of benzene rings is 2. The van der Waals surface area contributed by atoms with E-state index in [1.807, 2.05) is 50.4 Å². The van der Waals surface area contributed by atoms with Gasteiger partial charge in [-0.05, 0) is 42.3 Å². The van der Waals surface area contributed by atoms with Crippen LogP contribution in [0.15, 0.2) is 71.5 Å². The van der Waals surface area contributed by atoms with Gasteiger partial charge in [0.05, 0.1) is 11.9 Å². The Morgan fingerprint density at radius 1 is 1.07 bits per heavy atom. The summed E-state index contributed by atoms with van der Waals surface area (Å²) in [7, 11) is 0. The van der Waals surface area contributed by atoms with E-state index in [0.717, 1.165) is 15.7 Å². The summed E-state index contributed by atoms with van der Waals surface area (Å²) in [5.41, 5.74) is 2.34. The van der Waals surface area contributed by atoms with Gasteiger partial charge in [-0.1, -0.05) is 48.0 Å². The van der Waals surface area contributed by atoms with Gasteiger partial charge >= 0.3 is 0 Å². The van der Waals surface area contributed by atoms with Gasteiger partial charge in [-0.2, -0.15) is 5.10 Å². The van der Waals surface area contributed by atoms with Crippen molar-refractivity contribution in [3.63, 3.8) is 0 Å². The number of nitrogens with zero attached hydrogens (tertiary/aromatic N) is 2. The third kappa shape index (κ3) is 5.54. The van der Waals surface area contributed by atoms with Crippen molar-refractivity contribution in [2.75, 3.05) is 0 Å². The van der Waals surface area contributed by atoms with Crippen molar-refractivity contribution < 1.29 is 9.59 Å². The first kappa shape index (κ1) is 20.8. The first-order chi connectivity index (χ1) is 13.9. The predicted octanol–water partition coefficient (Wildman–Crippen LogP) is 3.71. The molecule has 0 radical (unpaired) electrons. The fourth-order valence-corrected chi connectivity index (χ4v) is 3.10. The average molecular weight is 455 g/mol. The van der Waals surface area contributed by atoms with Crippen LogP contribution < -0.4 is 10.6 Å². The quantitative estimate of drug-likeness (QED) is 0.571. The first-order valence-electron chi connectivity index (χ1n) is 9.37. The van der Waals surface area contributed by atoms with Gasteiger partial charge in [-0.3, -0.25) is 9.59 Å². The lowest BCUT2D eigenvalue weighted by Crippen LogP contribution is -2.49. The number of amides is 2. The Hall–Kier alpha value is -2.93. The molecule has 0 saturated carbocycles. The second kappa shape index (κ2) is 9.52. The van der Waals surface area contributed by atoms with Crippen LogP contribution in [0.25, 0.3) is 5.69 Å². The molecule has 0 fully saturated rings. The van der Waals surface area contributed by atoms with E-state index in [0.29, 0.717) is 12.1 Å². The zero-order chi connectivity index (χ0) is 20.8. The Morgan fingerprint density at radius 3 is 2.41 bits per heavy atom. The van der Waals surface area contributed by atoms with Crippen LogP contribution in [0.3, 0.4) is 0 Å². The second-order valence-electron chi connectivity index (χ2n) is 7.05. The summed E-state index contributed by atoms with van der Waals surface area (Å²) in [5.74, 6) is -0.553. The molecule has 2 amide bonds. The molecule has 0 spiro atoms. The number of nitrogens with one attached hydrogen (secondary N) is 2. The van der Waals surface area contributed by atoms with Crippen LogP contribution >= 0.6 is 15.9 Å². The fraction of sp³-hybridized carbons (Fsp3) is 0.227. The highest BCUT2D eigenvalue weighted by Gasteiger charge is 2.24. The molecule has 1 heterocycles. The maximum Gasteiger partial charge on any atom is 0.251 e. The molecule has 0 saturated heterocycles. The monoisotopic (exact) mass is 454 g/mol. The number of hydrogen-bond acceptors (Lipinski definition) is 3. The van der Waals surface area contributed by atoms with Crippen molar-refractivity contribution in [1.82, 2.24) is 20.4 Å². The lowest BCUT2D eigenvalue weighted by molar-refractivity contribution is -0.124. The Bertz CT molecular complexity index is 968. The third-order valence-electron chi connectivity index (χ3n) is 4.47. The number of rotatable bonds is 7. The van der Waals surface area contributed by atoms with Crippen LogP contribution in [0.5, 0.6) is 0 Å². The van der Waals surface area contributed by atoms with Crippen molar-refractivity contribution in [3.05, 3.63) is 82.6 Å². The molecule has 3 rings (SSSR count). The van der Waals surface area contributed by atoms with Gasteiger partial charge in [-0.25, -0.2) is 4.68 Å². The van der Waals surface area contributed by atoms with Crippen LogP contribution in [0.1, 0.15) is 29.8 Å². The number of carbonyl (C=O) groups excluding carboxylic acids is 2. The summed E-state index contributed by atoms with van der Waals surface area (Å²) in [5, 5.41) is 10.1. The average Bonchev–Trinajstić information content (AvgIpc) is 3.20. The summed E-state index contributed by atoms with van der Waals surface area (Å²) in [6, 6.07) is 16.1. The zero-order valence-electron chi connectivity index (χ0n) is 16.3. The summed E-state index contributed by atoms with van der Waals surface area (Å²) in [6.07, 6.45) is 3.60. The number of hydrogen-bond donors (Lipinski definition) is 2. The minimum atomic E-state index is -0.629. The lowest BCUT2D eigenvalue weighted by atomic mass is 10.0. The van der Waals surface area contributed by atoms with E-state index in [1.165, 1.54) is 0 Å². The topological polar surface area (TPSA) is 76.0 Å². The molecule has 2 aromatic carbocycles. The molecule has 1 atom stereocenters. The zero-order valence-corrected chi connectivity index (χ0v) is 17.9. The summed E-state index contributed by atoms with van der Waals surface area (Å²) in [6.45, 7) is 4.14. The van der Waals surface area contributed by atoms with Gasteiger partial charge in [0, 0.05) is 28.3 Å². The van der Waals surface area contributed by atoms with E-state index in [1.54, 1.807) is 35.1 Å². The van der Waals surface area contributed by atoms with Crippen molar-refractivity contribution in [3.8, 4) is 5.69 Å². The maximum atomic E-state index is 12.7. The standard InChI is InChI=1S/C22H23BrN4O2/c1-15(2)20(26-21(28)17-8-10-18(23)11-9-17)22(29)24-12-16-13-25-27(14-16)19-6-4-3-5-7-19/h3-11,13-15,20H,12H2,1-2H3,(H,24,29)(H,26,28)/t20-/m1/s1. The SMILES string of the molecule is CC(C)[C@@H](NC(=O)c1ccc(Br)cc1)C(=O)NCc1cnn(-c2ccccc2)c1. The van der Waals surface area contributed by atoms with Gasteiger partial charge < -0.3 is 10.6 Å². The van der Waals surface area contributed by atoms with E-state index in [2.05, 4.69) is 31.7 Å². The van der Waals surface area contributed by atoms with Crippen LogP contribution in [0, 0.1) is 5.92 Å². The van der Waals surface area contributed by atoms with Gasteiger partial charge in [0.2, 0.25) is 5.91 Å². The minimum Gasteiger partial charge on any atom is -0.350 e. The molecule has 6 nitrogen and oxygen atoms in total. The number of halogens is 1. The highest BCUT2D eigenvalue weighted by atomic mass is 79.9. The van der Waals surface area contributed by atoms with Crippen molar-refractivity contribution >= 4 is 27.7 Å². The molecular weight excluding hydrogens is 432 g/mol. The van der Waals surface area contributed by atoms with E-state index < -0.39 is 6.04 Å². The molecule has 3 aromatic rings. The molecule has 2 N–H and O–H groups in total. The molecule has 0 unspecified atom stereocenters. The van der Waals surface area contributed by atoms with Crippen molar-refractivity contribution in [2.24, 2.45) is 5.92 Å². The Kier molecular flexibility index (Phi) is 6.82. The Morgan fingerprint density at radius 2 is 1.76 bits per heavy atom. The molecule has 0 aliphatic carbocycles. The highest BCUT2D eigenvalue weighted by molar-refractivity contribution is 9.10. The normalized spacial score (nSPS) is 11.9. The van der Waals surface area contributed by atoms with E-state index in [9.17, 15) is 9.59 Å². The largest absolute Gasteiger partial charge is 0.350 e. The van der Waals surface area contributed by atoms with E-state index >= 15 is 0 Å². The highest BCUT2D eigenvalue weighted by Crippen LogP contribution is 2.12. The maximum absolute atomic E-state index is 12.7. The first-order valence-corrected chi connectivity index (χ1v) is 10.2. The molecule has 0 bridgehead atoms. The Balaban J connectivity index is 1.60. The van der Waals surface area contributed by atoms with Gasteiger partial charge in [-0.15, -0.1) is 0 Å². The number of carbonyl (C=O) groups is 2. The molecule has 7 heteroatoms. The minimum absolute atomic E-state index is 0.0542.